The monoisotopic (exact) mass is 288 g/mol. The van der Waals surface area contributed by atoms with E-state index in [1.165, 1.54) is 12.8 Å². The van der Waals surface area contributed by atoms with Crippen molar-refractivity contribution < 1.29 is 4.79 Å². The summed E-state index contributed by atoms with van der Waals surface area (Å²) in [5, 5.41) is 3.50. The van der Waals surface area contributed by atoms with E-state index in [1.54, 1.807) is 0 Å². The molecule has 1 heterocycles. The first-order chi connectivity index (χ1) is 10.1. The third kappa shape index (κ3) is 4.57. The fourth-order valence-electron chi connectivity index (χ4n) is 3.03. The van der Waals surface area contributed by atoms with E-state index < -0.39 is 0 Å². The van der Waals surface area contributed by atoms with Gasteiger partial charge in [-0.05, 0) is 37.8 Å². The molecule has 1 N–H and O–H groups in total. The molecule has 2 unspecified atom stereocenters. The van der Waals surface area contributed by atoms with Crippen molar-refractivity contribution in [2.45, 2.75) is 45.6 Å². The zero-order chi connectivity index (χ0) is 15.2. The Balaban J connectivity index is 2.05. The van der Waals surface area contributed by atoms with E-state index in [9.17, 15) is 4.79 Å². The molecular weight excluding hydrogens is 260 g/mol. The fraction of sp³-hybridized carbons (Fsp3) is 0.611. The minimum atomic E-state index is -0.0636. The Kier molecular flexibility index (Phi) is 5.80. The molecule has 0 bridgehead atoms. The van der Waals surface area contributed by atoms with Gasteiger partial charge in [-0.1, -0.05) is 44.2 Å². The molecule has 3 heteroatoms. The Bertz CT molecular complexity index is 438. The van der Waals surface area contributed by atoms with Crippen LogP contribution in [0.1, 0.15) is 45.1 Å². The van der Waals surface area contributed by atoms with Crippen LogP contribution in [0, 0.1) is 5.92 Å². The summed E-state index contributed by atoms with van der Waals surface area (Å²) in [6.07, 6.45) is 2.41. The van der Waals surface area contributed by atoms with Gasteiger partial charge < -0.3 is 10.2 Å². The fourth-order valence-corrected chi connectivity index (χ4v) is 3.03. The highest BCUT2D eigenvalue weighted by Gasteiger charge is 2.26. The van der Waals surface area contributed by atoms with Crippen molar-refractivity contribution in [3.05, 3.63) is 35.9 Å². The number of rotatable bonds is 6. The lowest BCUT2D eigenvalue weighted by molar-refractivity contribution is -0.133. The third-order valence-electron chi connectivity index (χ3n) is 4.17. The number of carbonyl (C=O) groups is 1. The summed E-state index contributed by atoms with van der Waals surface area (Å²) in [5.74, 6) is 0.688. The Morgan fingerprint density at radius 3 is 2.57 bits per heavy atom. The van der Waals surface area contributed by atoms with Gasteiger partial charge in [0, 0.05) is 19.1 Å². The van der Waals surface area contributed by atoms with Crippen LogP contribution in [-0.4, -0.2) is 36.5 Å². The van der Waals surface area contributed by atoms with Crippen molar-refractivity contribution in [3.8, 4) is 0 Å². The zero-order valence-electron chi connectivity index (χ0n) is 13.5. The van der Waals surface area contributed by atoms with Gasteiger partial charge in [0.25, 0.3) is 0 Å². The molecule has 1 aromatic rings. The van der Waals surface area contributed by atoms with Crippen molar-refractivity contribution in [1.29, 1.82) is 0 Å². The van der Waals surface area contributed by atoms with E-state index in [0.717, 1.165) is 25.2 Å². The molecule has 1 aliphatic rings. The second kappa shape index (κ2) is 7.60. The van der Waals surface area contributed by atoms with E-state index in [4.69, 9.17) is 0 Å². The van der Waals surface area contributed by atoms with Crippen LogP contribution in [0.15, 0.2) is 30.3 Å². The van der Waals surface area contributed by atoms with Gasteiger partial charge in [0.2, 0.25) is 5.91 Å². The molecule has 1 saturated heterocycles. The average Bonchev–Trinajstić information content (AvgIpc) is 2.98. The van der Waals surface area contributed by atoms with Gasteiger partial charge >= 0.3 is 0 Å². The first-order valence-electron chi connectivity index (χ1n) is 8.15. The summed E-state index contributed by atoms with van der Waals surface area (Å²) in [6, 6.07) is 10.6. The number of nitrogens with zero attached hydrogens (tertiary/aromatic N) is 1. The lowest BCUT2D eigenvalue weighted by atomic mass is 9.99. The molecule has 2 atom stereocenters. The van der Waals surface area contributed by atoms with E-state index in [0.29, 0.717) is 12.0 Å². The Hall–Kier alpha value is -1.35. The van der Waals surface area contributed by atoms with Crippen LogP contribution in [0.4, 0.5) is 0 Å². The van der Waals surface area contributed by atoms with Gasteiger partial charge in [0.15, 0.2) is 0 Å². The normalized spacial score (nSPS) is 19.7. The van der Waals surface area contributed by atoms with Crippen LogP contribution in [0.2, 0.25) is 0 Å². The van der Waals surface area contributed by atoms with Gasteiger partial charge in [-0.15, -0.1) is 0 Å². The van der Waals surface area contributed by atoms with Crippen molar-refractivity contribution in [2.75, 3.05) is 19.6 Å². The summed E-state index contributed by atoms with van der Waals surface area (Å²) < 4.78 is 0. The molecule has 0 spiro atoms. The Morgan fingerprint density at radius 1 is 1.29 bits per heavy atom. The summed E-state index contributed by atoms with van der Waals surface area (Å²) in [4.78, 5) is 14.9. The quantitative estimate of drug-likeness (QED) is 0.872. The van der Waals surface area contributed by atoms with E-state index in [-0.39, 0.29) is 11.8 Å². The molecular formula is C18H28N2O. The number of benzene rings is 1. The van der Waals surface area contributed by atoms with E-state index in [1.807, 2.05) is 37.3 Å². The van der Waals surface area contributed by atoms with Crippen molar-refractivity contribution >= 4 is 5.91 Å². The van der Waals surface area contributed by atoms with Gasteiger partial charge in [0.05, 0.1) is 5.92 Å². The highest BCUT2D eigenvalue weighted by molar-refractivity contribution is 5.83. The topological polar surface area (TPSA) is 32.3 Å². The first kappa shape index (κ1) is 16.0. The molecule has 0 saturated carbocycles. The summed E-state index contributed by atoms with van der Waals surface area (Å²) in [7, 11) is 0. The van der Waals surface area contributed by atoms with Crippen LogP contribution >= 0.6 is 0 Å². The first-order valence-corrected chi connectivity index (χ1v) is 8.15. The van der Waals surface area contributed by atoms with Crippen LogP contribution < -0.4 is 5.32 Å². The van der Waals surface area contributed by atoms with Gasteiger partial charge in [0.1, 0.15) is 0 Å². The molecule has 1 amide bonds. The maximum absolute atomic E-state index is 12.9. The van der Waals surface area contributed by atoms with Crippen molar-refractivity contribution in [3.63, 3.8) is 0 Å². The maximum atomic E-state index is 12.9. The number of hydrogen-bond donors (Lipinski definition) is 1. The lowest BCUT2D eigenvalue weighted by Gasteiger charge is -2.30. The summed E-state index contributed by atoms with van der Waals surface area (Å²) in [5.41, 5.74) is 1.11. The molecule has 116 valence electrons. The van der Waals surface area contributed by atoms with Crippen LogP contribution in [-0.2, 0) is 4.79 Å². The highest BCUT2D eigenvalue weighted by Crippen LogP contribution is 2.19. The highest BCUT2D eigenvalue weighted by atomic mass is 16.2. The largest absolute Gasteiger partial charge is 0.340 e. The minimum Gasteiger partial charge on any atom is -0.340 e. The van der Waals surface area contributed by atoms with E-state index >= 15 is 0 Å². The van der Waals surface area contributed by atoms with Gasteiger partial charge in [-0.3, -0.25) is 4.79 Å². The summed E-state index contributed by atoms with van der Waals surface area (Å²) in [6.45, 7) is 9.14. The second-order valence-electron chi connectivity index (χ2n) is 6.56. The summed E-state index contributed by atoms with van der Waals surface area (Å²) >= 11 is 0. The van der Waals surface area contributed by atoms with Crippen LogP contribution in [0.3, 0.4) is 0 Å². The van der Waals surface area contributed by atoms with Crippen LogP contribution in [0.25, 0.3) is 0 Å². The average molecular weight is 288 g/mol. The molecule has 0 aromatic heterocycles. The predicted molar refractivity (Wildman–Crippen MR) is 87.3 cm³/mol. The predicted octanol–water partition coefficient (Wildman–Crippen LogP) is 3.03. The maximum Gasteiger partial charge on any atom is 0.229 e. The SMILES string of the molecule is CC(C)CN(CC1CCCN1)C(=O)C(C)c1ccccc1. The molecule has 0 radical (unpaired) electrons. The Labute approximate surface area is 128 Å². The minimum absolute atomic E-state index is 0.0636. The van der Waals surface area contributed by atoms with E-state index in [2.05, 4.69) is 24.1 Å². The lowest BCUT2D eigenvalue weighted by Crippen LogP contribution is -2.44. The number of hydrogen-bond acceptors (Lipinski definition) is 2. The van der Waals surface area contributed by atoms with Crippen LogP contribution in [0.5, 0.6) is 0 Å². The van der Waals surface area contributed by atoms with Crippen molar-refractivity contribution in [2.24, 2.45) is 5.92 Å². The number of amides is 1. The smallest absolute Gasteiger partial charge is 0.229 e. The molecule has 2 rings (SSSR count). The molecule has 21 heavy (non-hydrogen) atoms. The Morgan fingerprint density at radius 2 is 2.00 bits per heavy atom. The van der Waals surface area contributed by atoms with Gasteiger partial charge in [-0.25, -0.2) is 0 Å². The van der Waals surface area contributed by atoms with Crippen molar-refractivity contribution in [1.82, 2.24) is 10.2 Å². The van der Waals surface area contributed by atoms with Gasteiger partial charge in [-0.2, -0.15) is 0 Å². The second-order valence-corrected chi connectivity index (χ2v) is 6.56. The number of nitrogens with one attached hydrogen (secondary N) is 1. The standard InChI is InChI=1S/C18H28N2O/c1-14(2)12-20(13-17-10-7-11-19-17)18(21)15(3)16-8-5-4-6-9-16/h4-6,8-9,14-15,17,19H,7,10-13H2,1-3H3. The number of carbonyl (C=O) groups excluding carboxylic acids is 1. The molecule has 0 aliphatic carbocycles. The molecule has 1 fully saturated rings. The molecule has 1 aromatic carbocycles. The molecule has 1 aliphatic heterocycles. The zero-order valence-corrected chi connectivity index (χ0v) is 13.5. The molecule has 3 nitrogen and oxygen atoms in total. The third-order valence-corrected chi connectivity index (χ3v) is 4.17.